The van der Waals surface area contributed by atoms with Crippen LogP contribution in [0.1, 0.15) is 21.5 Å². The number of hydrogen-bond acceptors (Lipinski definition) is 4. The van der Waals surface area contributed by atoms with Gasteiger partial charge in [-0.1, -0.05) is 24.0 Å². The van der Waals surface area contributed by atoms with E-state index in [0.29, 0.717) is 17.4 Å². The Kier molecular flexibility index (Phi) is 4.40. The first-order valence-electron chi connectivity index (χ1n) is 7.50. The standard InChI is InChI=1S/C21H14O4/c22-13-20-18(15-4-8-17(24)9-5-15)11-12-21(25)19(20)10-3-14-1-6-16(23)7-2-14/h1-2,4-9,11-13,23-25H. The van der Waals surface area contributed by atoms with Gasteiger partial charge >= 0.3 is 0 Å². The fourth-order valence-corrected chi connectivity index (χ4v) is 2.43. The number of aldehydes is 1. The Morgan fingerprint density at radius 1 is 0.720 bits per heavy atom. The number of rotatable bonds is 2. The molecule has 122 valence electrons. The van der Waals surface area contributed by atoms with Gasteiger partial charge in [-0.25, -0.2) is 0 Å². The summed E-state index contributed by atoms with van der Waals surface area (Å²) in [4.78, 5) is 11.6. The van der Waals surface area contributed by atoms with Crippen molar-refractivity contribution in [3.63, 3.8) is 0 Å². The Hall–Kier alpha value is -3.71. The van der Waals surface area contributed by atoms with Crippen LogP contribution in [-0.4, -0.2) is 21.6 Å². The summed E-state index contributed by atoms with van der Waals surface area (Å²) in [7, 11) is 0. The Bertz CT molecular complexity index is 975. The molecule has 0 unspecified atom stereocenters. The van der Waals surface area contributed by atoms with E-state index in [-0.39, 0.29) is 28.4 Å². The van der Waals surface area contributed by atoms with E-state index in [1.165, 1.54) is 30.3 Å². The van der Waals surface area contributed by atoms with E-state index in [4.69, 9.17) is 0 Å². The summed E-state index contributed by atoms with van der Waals surface area (Å²) in [6.45, 7) is 0. The van der Waals surface area contributed by atoms with Crippen molar-refractivity contribution in [2.45, 2.75) is 0 Å². The second-order valence-electron chi connectivity index (χ2n) is 5.38. The maximum Gasteiger partial charge on any atom is 0.152 e. The molecule has 0 heterocycles. The minimum atomic E-state index is -0.0871. The van der Waals surface area contributed by atoms with Gasteiger partial charge in [0.15, 0.2) is 6.29 Å². The second kappa shape index (κ2) is 6.81. The SMILES string of the molecule is O=Cc1c(-c2ccc(O)cc2)ccc(O)c1C#Cc1ccc(O)cc1. The van der Waals surface area contributed by atoms with Crippen LogP contribution in [0.25, 0.3) is 11.1 Å². The fourth-order valence-electron chi connectivity index (χ4n) is 2.43. The first kappa shape index (κ1) is 16.2. The van der Waals surface area contributed by atoms with Crippen LogP contribution in [0.2, 0.25) is 0 Å². The molecule has 0 radical (unpaired) electrons. The monoisotopic (exact) mass is 330 g/mol. The Morgan fingerprint density at radius 2 is 1.32 bits per heavy atom. The van der Waals surface area contributed by atoms with Crippen LogP contribution in [0.15, 0.2) is 60.7 Å². The number of phenols is 3. The normalized spacial score (nSPS) is 9.92. The third kappa shape index (κ3) is 3.46. The van der Waals surface area contributed by atoms with Gasteiger partial charge < -0.3 is 15.3 Å². The zero-order valence-electron chi connectivity index (χ0n) is 13.1. The predicted molar refractivity (Wildman–Crippen MR) is 94.7 cm³/mol. The van der Waals surface area contributed by atoms with Gasteiger partial charge in [-0.3, -0.25) is 4.79 Å². The summed E-state index contributed by atoms with van der Waals surface area (Å²) in [5.41, 5.74) is 2.49. The molecular weight excluding hydrogens is 316 g/mol. The molecule has 25 heavy (non-hydrogen) atoms. The van der Waals surface area contributed by atoms with Crippen molar-refractivity contribution in [1.82, 2.24) is 0 Å². The summed E-state index contributed by atoms with van der Waals surface area (Å²) < 4.78 is 0. The lowest BCUT2D eigenvalue weighted by Crippen LogP contribution is -1.94. The maximum absolute atomic E-state index is 11.6. The van der Waals surface area contributed by atoms with E-state index in [1.54, 1.807) is 30.3 Å². The molecule has 0 saturated heterocycles. The van der Waals surface area contributed by atoms with Crippen molar-refractivity contribution >= 4 is 6.29 Å². The van der Waals surface area contributed by atoms with Crippen LogP contribution < -0.4 is 0 Å². The number of carbonyl (C=O) groups is 1. The van der Waals surface area contributed by atoms with Crippen LogP contribution in [-0.2, 0) is 0 Å². The summed E-state index contributed by atoms with van der Waals surface area (Å²) >= 11 is 0. The lowest BCUT2D eigenvalue weighted by Gasteiger charge is -2.09. The fraction of sp³-hybridized carbons (Fsp3) is 0. The highest BCUT2D eigenvalue weighted by molar-refractivity contribution is 5.92. The molecule has 4 nitrogen and oxygen atoms in total. The molecule has 0 aromatic heterocycles. The minimum Gasteiger partial charge on any atom is -0.508 e. The van der Waals surface area contributed by atoms with Gasteiger partial charge in [0.05, 0.1) is 5.56 Å². The number of carbonyl (C=O) groups excluding carboxylic acids is 1. The molecule has 0 atom stereocenters. The number of phenolic OH excluding ortho intramolecular Hbond substituents is 3. The lowest BCUT2D eigenvalue weighted by atomic mass is 9.95. The van der Waals surface area contributed by atoms with Crippen molar-refractivity contribution in [3.8, 4) is 40.2 Å². The largest absolute Gasteiger partial charge is 0.508 e. The highest BCUT2D eigenvalue weighted by atomic mass is 16.3. The predicted octanol–water partition coefficient (Wildman–Crippen LogP) is 3.68. The van der Waals surface area contributed by atoms with Gasteiger partial charge in [0.25, 0.3) is 0 Å². The van der Waals surface area contributed by atoms with Crippen molar-refractivity contribution in [1.29, 1.82) is 0 Å². The van der Waals surface area contributed by atoms with Gasteiger partial charge in [0, 0.05) is 11.1 Å². The Labute approximate surface area is 144 Å². The van der Waals surface area contributed by atoms with Gasteiger partial charge in [-0.15, -0.1) is 0 Å². The maximum atomic E-state index is 11.6. The second-order valence-corrected chi connectivity index (χ2v) is 5.38. The average molecular weight is 330 g/mol. The summed E-state index contributed by atoms with van der Waals surface area (Å²) in [5, 5.41) is 28.8. The van der Waals surface area contributed by atoms with Crippen molar-refractivity contribution in [2.24, 2.45) is 0 Å². The van der Waals surface area contributed by atoms with Gasteiger partial charge in [0.1, 0.15) is 17.2 Å². The molecule has 3 N–H and O–H groups in total. The van der Waals surface area contributed by atoms with E-state index in [9.17, 15) is 20.1 Å². The van der Waals surface area contributed by atoms with Crippen LogP contribution in [0.4, 0.5) is 0 Å². The topological polar surface area (TPSA) is 77.8 Å². The van der Waals surface area contributed by atoms with Gasteiger partial charge in [0.2, 0.25) is 0 Å². The molecule has 0 bridgehead atoms. The molecule has 3 aromatic carbocycles. The van der Waals surface area contributed by atoms with Crippen LogP contribution in [0.3, 0.4) is 0 Å². The highest BCUT2D eigenvalue weighted by Crippen LogP contribution is 2.31. The van der Waals surface area contributed by atoms with Gasteiger partial charge in [-0.05, 0) is 59.7 Å². The quantitative estimate of drug-likeness (QED) is 0.495. The molecule has 0 aliphatic carbocycles. The lowest BCUT2D eigenvalue weighted by molar-refractivity contribution is 0.112. The molecular formula is C21H14O4. The van der Waals surface area contributed by atoms with Crippen molar-refractivity contribution in [2.75, 3.05) is 0 Å². The molecule has 0 fully saturated rings. The molecule has 0 spiro atoms. The average Bonchev–Trinajstić information content (AvgIpc) is 2.62. The molecule has 0 amide bonds. The van der Waals surface area contributed by atoms with E-state index in [0.717, 1.165) is 5.56 Å². The third-order valence-corrected chi connectivity index (χ3v) is 3.72. The number of aromatic hydroxyl groups is 3. The Balaban J connectivity index is 2.10. The van der Waals surface area contributed by atoms with E-state index >= 15 is 0 Å². The first-order chi connectivity index (χ1) is 12.1. The zero-order chi connectivity index (χ0) is 17.8. The van der Waals surface area contributed by atoms with Crippen molar-refractivity contribution < 1.29 is 20.1 Å². The smallest absolute Gasteiger partial charge is 0.152 e. The summed E-state index contributed by atoms with van der Waals surface area (Å²) in [6, 6.07) is 15.9. The zero-order valence-corrected chi connectivity index (χ0v) is 13.1. The van der Waals surface area contributed by atoms with Crippen molar-refractivity contribution in [3.05, 3.63) is 77.4 Å². The Morgan fingerprint density at radius 3 is 1.92 bits per heavy atom. The highest BCUT2D eigenvalue weighted by Gasteiger charge is 2.12. The van der Waals surface area contributed by atoms with Gasteiger partial charge in [-0.2, -0.15) is 0 Å². The van der Waals surface area contributed by atoms with E-state index in [1.807, 2.05) is 0 Å². The molecule has 0 aliphatic heterocycles. The summed E-state index contributed by atoms with van der Waals surface area (Å²) in [5.74, 6) is 5.87. The molecule has 3 rings (SSSR count). The van der Waals surface area contributed by atoms with Crippen LogP contribution in [0, 0.1) is 11.8 Å². The van der Waals surface area contributed by atoms with E-state index in [2.05, 4.69) is 11.8 Å². The molecule has 4 heteroatoms. The first-order valence-corrected chi connectivity index (χ1v) is 7.50. The molecule has 0 aliphatic rings. The number of hydrogen-bond donors (Lipinski definition) is 3. The van der Waals surface area contributed by atoms with Crippen LogP contribution >= 0.6 is 0 Å². The summed E-state index contributed by atoms with van der Waals surface area (Å²) in [6.07, 6.45) is 0.656. The molecule has 3 aromatic rings. The molecule has 0 saturated carbocycles. The minimum absolute atomic E-state index is 0.0871. The van der Waals surface area contributed by atoms with E-state index < -0.39 is 0 Å². The van der Waals surface area contributed by atoms with Crippen LogP contribution in [0.5, 0.6) is 17.2 Å². The number of benzene rings is 3. The third-order valence-electron chi connectivity index (χ3n) is 3.72.